The van der Waals surface area contributed by atoms with Crippen LogP contribution in [0.5, 0.6) is 5.75 Å². The van der Waals surface area contributed by atoms with Crippen molar-refractivity contribution in [3.05, 3.63) is 59.3 Å². The van der Waals surface area contributed by atoms with Gasteiger partial charge in [-0.3, -0.25) is 4.79 Å². The molecule has 1 unspecified atom stereocenters. The number of fused-ring (bicyclic) bond motifs is 1. The third kappa shape index (κ3) is 4.71. The van der Waals surface area contributed by atoms with Gasteiger partial charge in [-0.25, -0.2) is 9.97 Å². The van der Waals surface area contributed by atoms with E-state index < -0.39 is 17.7 Å². The monoisotopic (exact) mass is 433 g/mol. The fraction of sp³-hybridized carbons (Fsp3) is 0.409. The Kier molecular flexibility index (Phi) is 5.95. The Labute approximate surface area is 177 Å². The molecule has 1 aliphatic heterocycles. The van der Waals surface area contributed by atoms with Crippen LogP contribution in [0.2, 0.25) is 0 Å². The van der Waals surface area contributed by atoms with Crippen molar-refractivity contribution in [2.24, 2.45) is 0 Å². The number of hydrogen-bond acceptors (Lipinski definition) is 5. The number of nitrogens with zero attached hydrogens (tertiary/aromatic N) is 3. The first-order valence-electron chi connectivity index (χ1n) is 10.1. The molecule has 0 N–H and O–H groups in total. The van der Waals surface area contributed by atoms with Gasteiger partial charge in [0.05, 0.1) is 18.9 Å². The first kappa shape index (κ1) is 21.3. The smallest absolute Gasteiger partial charge is 0.433 e. The Hall–Kier alpha value is -2.94. The van der Waals surface area contributed by atoms with Crippen LogP contribution in [0.1, 0.15) is 53.1 Å². The van der Waals surface area contributed by atoms with E-state index in [0.717, 1.165) is 31.2 Å². The number of aromatic nitrogens is 3. The number of Topliss-reactive ketones (excluding diaryl/α,β-unsaturated/α-hetero) is 1. The molecule has 3 aromatic heterocycles. The van der Waals surface area contributed by atoms with E-state index in [-0.39, 0.29) is 18.0 Å². The molecular formula is C22H22F3N3O3. The lowest BCUT2D eigenvalue weighted by atomic mass is 9.99. The maximum absolute atomic E-state index is 12.9. The molecule has 6 nitrogen and oxygen atoms in total. The minimum atomic E-state index is -4.61. The zero-order chi connectivity index (χ0) is 22.0. The van der Waals surface area contributed by atoms with Crippen LogP contribution in [-0.2, 0) is 17.3 Å². The standard InChI is InChI=1S/C22H22F3N3O3/c1-2-31-19-10-21-27-17(14-5-4-8-30-13-14)12-28(21)11-15(19)9-18(29)16-6-3-7-20(26-16)22(23,24)25/h3,6-7,10-12,14H,2,4-5,8-9,13H2,1H3. The third-order valence-corrected chi connectivity index (χ3v) is 5.21. The summed E-state index contributed by atoms with van der Waals surface area (Å²) in [7, 11) is 0. The van der Waals surface area contributed by atoms with Crippen molar-refractivity contribution < 1.29 is 27.4 Å². The second kappa shape index (κ2) is 8.66. The van der Waals surface area contributed by atoms with Crippen molar-refractivity contribution in [1.82, 2.24) is 14.4 Å². The molecule has 0 aromatic carbocycles. The van der Waals surface area contributed by atoms with Gasteiger partial charge < -0.3 is 13.9 Å². The molecule has 0 aliphatic carbocycles. The van der Waals surface area contributed by atoms with Crippen molar-refractivity contribution in [2.45, 2.75) is 38.3 Å². The quantitative estimate of drug-likeness (QED) is 0.537. The van der Waals surface area contributed by atoms with E-state index in [1.54, 1.807) is 12.3 Å². The second-order valence-electron chi connectivity index (χ2n) is 7.45. The number of halogens is 3. The lowest BCUT2D eigenvalue weighted by Gasteiger charge is -2.19. The van der Waals surface area contributed by atoms with Gasteiger partial charge >= 0.3 is 6.18 Å². The molecule has 0 amide bonds. The average molecular weight is 433 g/mol. The summed E-state index contributed by atoms with van der Waals surface area (Å²) < 4.78 is 51.9. The van der Waals surface area contributed by atoms with E-state index in [0.29, 0.717) is 30.2 Å². The van der Waals surface area contributed by atoms with Crippen LogP contribution >= 0.6 is 0 Å². The number of hydrogen-bond donors (Lipinski definition) is 0. The lowest BCUT2D eigenvalue weighted by molar-refractivity contribution is -0.141. The molecule has 0 spiro atoms. The number of ketones is 1. The Morgan fingerprint density at radius 1 is 1.29 bits per heavy atom. The van der Waals surface area contributed by atoms with Gasteiger partial charge in [0.15, 0.2) is 5.78 Å². The molecule has 0 saturated carbocycles. The highest BCUT2D eigenvalue weighted by molar-refractivity contribution is 5.96. The molecule has 4 heterocycles. The van der Waals surface area contributed by atoms with Crippen LogP contribution in [0.25, 0.3) is 5.65 Å². The summed E-state index contributed by atoms with van der Waals surface area (Å²) in [6, 6.07) is 5.06. The van der Waals surface area contributed by atoms with Crippen LogP contribution in [-0.4, -0.2) is 40.0 Å². The highest BCUT2D eigenvalue weighted by Crippen LogP contribution is 2.29. The zero-order valence-corrected chi connectivity index (χ0v) is 17.0. The number of alkyl halides is 3. The number of carbonyl (C=O) groups is 1. The molecule has 3 aromatic rings. The van der Waals surface area contributed by atoms with Crippen LogP contribution in [0.3, 0.4) is 0 Å². The molecule has 1 atom stereocenters. The maximum atomic E-state index is 12.9. The van der Waals surface area contributed by atoms with Gasteiger partial charge in [-0.05, 0) is 31.9 Å². The second-order valence-corrected chi connectivity index (χ2v) is 7.45. The molecule has 0 radical (unpaired) electrons. The normalized spacial score (nSPS) is 17.1. The Bertz CT molecular complexity index is 1090. The molecule has 164 valence electrons. The minimum Gasteiger partial charge on any atom is -0.493 e. The van der Waals surface area contributed by atoms with Gasteiger partial charge in [0.25, 0.3) is 0 Å². The van der Waals surface area contributed by atoms with Gasteiger partial charge in [-0.2, -0.15) is 13.2 Å². The molecule has 1 fully saturated rings. The highest BCUT2D eigenvalue weighted by atomic mass is 19.4. The maximum Gasteiger partial charge on any atom is 0.433 e. The van der Waals surface area contributed by atoms with Gasteiger partial charge in [-0.15, -0.1) is 0 Å². The number of imidazole rings is 1. The van der Waals surface area contributed by atoms with Crippen molar-refractivity contribution >= 4 is 11.4 Å². The predicted octanol–water partition coefficient (Wildman–Crippen LogP) is 4.47. The number of rotatable bonds is 6. The summed E-state index contributed by atoms with van der Waals surface area (Å²) in [6.45, 7) is 3.58. The molecule has 4 rings (SSSR count). The Morgan fingerprint density at radius 3 is 2.84 bits per heavy atom. The molecule has 1 aliphatic rings. The molecule has 1 saturated heterocycles. The van der Waals surface area contributed by atoms with Crippen LogP contribution in [0.4, 0.5) is 13.2 Å². The van der Waals surface area contributed by atoms with E-state index in [1.165, 1.54) is 12.1 Å². The Morgan fingerprint density at radius 2 is 2.13 bits per heavy atom. The third-order valence-electron chi connectivity index (χ3n) is 5.21. The highest BCUT2D eigenvalue weighted by Gasteiger charge is 2.33. The summed E-state index contributed by atoms with van der Waals surface area (Å²) in [5, 5.41) is 0. The summed E-state index contributed by atoms with van der Waals surface area (Å²) in [6.07, 6.45) is 0.871. The predicted molar refractivity (Wildman–Crippen MR) is 106 cm³/mol. The van der Waals surface area contributed by atoms with E-state index in [4.69, 9.17) is 9.47 Å². The number of ether oxygens (including phenoxy) is 2. The fourth-order valence-corrected chi connectivity index (χ4v) is 3.68. The van der Waals surface area contributed by atoms with Gasteiger partial charge in [0.2, 0.25) is 0 Å². The van der Waals surface area contributed by atoms with Crippen LogP contribution in [0.15, 0.2) is 36.7 Å². The van der Waals surface area contributed by atoms with Gasteiger partial charge in [0, 0.05) is 43.0 Å². The molecule has 31 heavy (non-hydrogen) atoms. The first-order valence-corrected chi connectivity index (χ1v) is 10.1. The van der Waals surface area contributed by atoms with Crippen LogP contribution < -0.4 is 4.74 Å². The van der Waals surface area contributed by atoms with Gasteiger partial charge in [0.1, 0.15) is 22.8 Å². The molecule has 9 heteroatoms. The largest absolute Gasteiger partial charge is 0.493 e. The summed E-state index contributed by atoms with van der Waals surface area (Å²) in [5.74, 6) is 0.170. The molecule has 0 bridgehead atoms. The van der Waals surface area contributed by atoms with E-state index in [2.05, 4.69) is 9.97 Å². The van der Waals surface area contributed by atoms with Crippen LogP contribution in [0, 0.1) is 0 Å². The number of pyridine rings is 2. The minimum absolute atomic E-state index is 0.139. The van der Waals surface area contributed by atoms with E-state index in [9.17, 15) is 18.0 Å². The zero-order valence-electron chi connectivity index (χ0n) is 17.0. The van der Waals surface area contributed by atoms with Crippen molar-refractivity contribution in [2.75, 3.05) is 19.8 Å². The average Bonchev–Trinajstić information content (AvgIpc) is 3.17. The van der Waals surface area contributed by atoms with Crippen molar-refractivity contribution in [1.29, 1.82) is 0 Å². The topological polar surface area (TPSA) is 65.7 Å². The SMILES string of the molecule is CCOc1cc2nc(C3CCCOC3)cn2cc1CC(=O)c1cccc(C(F)(F)F)n1. The van der Waals surface area contributed by atoms with E-state index in [1.807, 2.05) is 17.5 Å². The number of carbonyl (C=O) groups excluding carboxylic acids is 1. The van der Waals surface area contributed by atoms with Crippen molar-refractivity contribution in [3.8, 4) is 5.75 Å². The fourth-order valence-electron chi connectivity index (χ4n) is 3.68. The van der Waals surface area contributed by atoms with E-state index >= 15 is 0 Å². The van der Waals surface area contributed by atoms with Gasteiger partial charge in [-0.1, -0.05) is 6.07 Å². The van der Waals surface area contributed by atoms with Crippen molar-refractivity contribution in [3.63, 3.8) is 0 Å². The first-order chi connectivity index (χ1) is 14.8. The summed E-state index contributed by atoms with van der Waals surface area (Å²) >= 11 is 0. The lowest BCUT2D eigenvalue weighted by Crippen LogP contribution is -2.15. The summed E-state index contributed by atoms with van der Waals surface area (Å²) in [5.41, 5.74) is 0.820. The molecular weight excluding hydrogens is 411 g/mol. The summed E-state index contributed by atoms with van der Waals surface area (Å²) in [4.78, 5) is 20.9. The Balaban J connectivity index is 1.64.